The lowest BCUT2D eigenvalue weighted by molar-refractivity contribution is 0.0945. The standard InChI is InChI=1S/C14H24N6O/c1-18(2)7-6-15-14(21)12-4-5-13(17-16-12)20-10-8-19(3)9-11-20/h4-5H,6-11H2,1-3H3,(H,15,21). The number of hydrogen-bond donors (Lipinski definition) is 1. The van der Waals surface area contributed by atoms with Crippen molar-refractivity contribution in [3.8, 4) is 0 Å². The molecular weight excluding hydrogens is 268 g/mol. The van der Waals surface area contributed by atoms with E-state index in [0.29, 0.717) is 12.2 Å². The van der Waals surface area contributed by atoms with Gasteiger partial charge in [-0.25, -0.2) is 0 Å². The normalized spacial score (nSPS) is 16.3. The number of nitrogens with zero attached hydrogens (tertiary/aromatic N) is 5. The van der Waals surface area contributed by atoms with Crippen LogP contribution in [0, 0.1) is 0 Å². The second-order valence-electron chi connectivity index (χ2n) is 5.63. The van der Waals surface area contributed by atoms with Crippen LogP contribution in [0.25, 0.3) is 0 Å². The number of aromatic nitrogens is 2. The highest BCUT2D eigenvalue weighted by molar-refractivity contribution is 5.92. The highest BCUT2D eigenvalue weighted by Crippen LogP contribution is 2.11. The lowest BCUT2D eigenvalue weighted by Gasteiger charge is -2.32. The molecule has 7 nitrogen and oxygen atoms in total. The van der Waals surface area contributed by atoms with E-state index in [1.807, 2.05) is 25.1 Å². The molecule has 7 heteroatoms. The van der Waals surface area contributed by atoms with Crippen molar-refractivity contribution in [2.75, 3.05) is 65.3 Å². The summed E-state index contributed by atoms with van der Waals surface area (Å²) in [5.74, 6) is 0.669. The molecule has 0 radical (unpaired) electrons. The van der Waals surface area contributed by atoms with Crippen molar-refractivity contribution in [2.45, 2.75) is 0 Å². The Morgan fingerprint density at radius 3 is 2.52 bits per heavy atom. The monoisotopic (exact) mass is 292 g/mol. The van der Waals surface area contributed by atoms with Crippen LogP contribution in [0.3, 0.4) is 0 Å². The van der Waals surface area contributed by atoms with Crippen LogP contribution in [0.4, 0.5) is 5.82 Å². The Balaban J connectivity index is 1.88. The number of hydrogen-bond acceptors (Lipinski definition) is 6. The number of nitrogens with one attached hydrogen (secondary N) is 1. The number of piperazine rings is 1. The van der Waals surface area contributed by atoms with Gasteiger partial charge in [0.15, 0.2) is 11.5 Å². The number of likely N-dealkylation sites (N-methyl/N-ethyl adjacent to an activating group) is 2. The van der Waals surface area contributed by atoms with Gasteiger partial charge in [0.25, 0.3) is 5.91 Å². The van der Waals surface area contributed by atoms with E-state index in [4.69, 9.17) is 0 Å². The predicted octanol–water partition coefficient (Wildman–Crippen LogP) is -0.480. The fraction of sp³-hybridized carbons (Fsp3) is 0.643. The van der Waals surface area contributed by atoms with Crippen LogP contribution in [0.1, 0.15) is 10.5 Å². The van der Waals surface area contributed by atoms with E-state index in [1.54, 1.807) is 6.07 Å². The van der Waals surface area contributed by atoms with E-state index in [1.165, 1.54) is 0 Å². The van der Waals surface area contributed by atoms with Gasteiger partial charge in [0.2, 0.25) is 0 Å². The van der Waals surface area contributed by atoms with Crippen LogP contribution in [-0.4, -0.2) is 86.3 Å². The number of amides is 1. The summed E-state index contributed by atoms with van der Waals surface area (Å²) in [4.78, 5) is 18.4. The molecule has 0 bridgehead atoms. The number of anilines is 1. The van der Waals surface area contributed by atoms with Gasteiger partial charge in [-0.05, 0) is 33.3 Å². The molecule has 116 valence electrons. The van der Waals surface area contributed by atoms with Crippen molar-refractivity contribution in [1.82, 2.24) is 25.3 Å². The first-order valence-corrected chi connectivity index (χ1v) is 7.26. The van der Waals surface area contributed by atoms with Crippen LogP contribution in [0.5, 0.6) is 0 Å². The molecule has 21 heavy (non-hydrogen) atoms. The lowest BCUT2D eigenvalue weighted by Crippen LogP contribution is -2.45. The summed E-state index contributed by atoms with van der Waals surface area (Å²) in [6.45, 7) is 5.34. The molecule has 1 aliphatic heterocycles. The van der Waals surface area contributed by atoms with Crippen LogP contribution < -0.4 is 10.2 Å². The van der Waals surface area contributed by atoms with Gasteiger partial charge in [-0.1, -0.05) is 0 Å². The summed E-state index contributed by atoms with van der Waals surface area (Å²) in [6, 6.07) is 3.62. The van der Waals surface area contributed by atoms with Gasteiger partial charge in [0.1, 0.15) is 0 Å². The van der Waals surface area contributed by atoms with Crippen LogP contribution in [0.2, 0.25) is 0 Å². The maximum atomic E-state index is 11.9. The van der Waals surface area contributed by atoms with Gasteiger partial charge in [0.05, 0.1) is 0 Å². The molecule has 0 aromatic carbocycles. The number of rotatable bonds is 5. The fourth-order valence-corrected chi connectivity index (χ4v) is 2.13. The molecule has 0 spiro atoms. The maximum Gasteiger partial charge on any atom is 0.271 e. The quantitative estimate of drug-likeness (QED) is 0.791. The highest BCUT2D eigenvalue weighted by Gasteiger charge is 2.16. The summed E-state index contributed by atoms with van der Waals surface area (Å²) in [6.07, 6.45) is 0. The summed E-state index contributed by atoms with van der Waals surface area (Å²) < 4.78 is 0. The zero-order chi connectivity index (χ0) is 15.2. The Morgan fingerprint density at radius 2 is 1.95 bits per heavy atom. The van der Waals surface area contributed by atoms with E-state index >= 15 is 0 Å². The highest BCUT2D eigenvalue weighted by atomic mass is 16.1. The maximum absolute atomic E-state index is 11.9. The molecular formula is C14H24N6O. The minimum Gasteiger partial charge on any atom is -0.353 e. The van der Waals surface area contributed by atoms with E-state index in [9.17, 15) is 4.79 Å². The molecule has 2 rings (SSSR count). The molecule has 2 heterocycles. The van der Waals surface area contributed by atoms with Crippen LogP contribution >= 0.6 is 0 Å². The van der Waals surface area contributed by atoms with Crippen molar-refractivity contribution in [1.29, 1.82) is 0 Å². The molecule has 0 unspecified atom stereocenters. The minimum absolute atomic E-state index is 0.172. The van der Waals surface area contributed by atoms with Gasteiger partial charge in [-0.2, -0.15) is 0 Å². The predicted molar refractivity (Wildman–Crippen MR) is 82.6 cm³/mol. The molecule has 1 fully saturated rings. The topological polar surface area (TPSA) is 64.6 Å². The Hall–Kier alpha value is -1.73. The molecule has 1 amide bonds. The minimum atomic E-state index is -0.172. The number of carbonyl (C=O) groups is 1. The Labute approximate surface area is 125 Å². The molecule has 0 saturated carbocycles. The van der Waals surface area contributed by atoms with Gasteiger partial charge in [0, 0.05) is 39.3 Å². The molecule has 1 aromatic heterocycles. The van der Waals surface area contributed by atoms with Gasteiger partial charge in [-0.15, -0.1) is 10.2 Å². The van der Waals surface area contributed by atoms with Crippen molar-refractivity contribution >= 4 is 11.7 Å². The third-order valence-electron chi connectivity index (χ3n) is 3.55. The van der Waals surface area contributed by atoms with Crippen molar-refractivity contribution < 1.29 is 4.79 Å². The third-order valence-corrected chi connectivity index (χ3v) is 3.55. The molecule has 1 aliphatic rings. The summed E-state index contributed by atoms with van der Waals surface area (Å²) in [5, 5.41) is 11.0. The van der Waals surface area contributed by atoms with E-state index in [-0.39, 0.29) is 5.91 Å². The van der Waals surface area contributed by atoms with Crippen LogP contribution in [0.15, 0.2) is 12.1 Å². The first-order valence-electron chi connectivity index (χ1n) is 7.26. The van der Waals surface area contributed by atoms with Gasteiger partial charge in [-0.3, -0.25) is 4.79 Å². The smallest absolute Gasteiger partial charge is 0.271 e. The zero-order valence-corrected chi connectivity index (χ0v) is 13.0. The summed E-state index contributed by atoms with van der Waals surface area (Å²) in [7, 11) is 6.05. The van der Waals surface area contributed by atoms with Crippen molar-refractivity contribution in [3.63, 3.8) is 0 Å². The fourth-order valence-electron chi connectivity index (χ4n) is 2.13. The SMILES string of the molecule is CN(C)CCNC(=O)c1ccc(N2CCN(C)CC2)nn1. The average molecular weight is 292 g/mol. The Morgan fingerprint density at radius 1 is 1.24 bits per heavy atom. The molecule has 1 aromatic rings. The van der Waals surface area contributed by atoms with Gasteiger partial charge >= 0.3 is 0 Å². The van der Waals surface area contributed by atoms with E-state index < -0.39 is 0 Å². The van der Waals surface area contributed by atoms with Gasteiger partial charge < -0.3 is 20.0 Å². The Kier molecular flexibility index (Phi) is 5.46. The first-order chi connectivity index (χ1) is 10.1. The molecule has 0 atom stereocenters. The average Bonchev–Trinajstić information content (AvgIpc) is 2.48. The van der Waals surface area contributed by atoms with Crippen molar-refractivity contribution in [2.24, 2.45) is 0 Å². The van der Waals surface area contributed by atoms with E-state index in [2.05, 4.69) is 32.4 Å². The second kappa shape index (κ2) is 7.33. The lowest BCUT2D eigenvalue weighted by atomic mass is 10.3. The van der Waals surface area contributed by atoms with Crippen LogP contribution in [-0.2, 0) is 0 Å². The number of carbonyl (C=O) groups excluding carboxylic acids is 1. The molecule has 1 N–H and O–H groups in total. The zero-order valence-electron chi connectivity index (χ0n) is 13.0. The van der Waals surface area contributed by atoms with E-state index in [0.717, 1.165) is 38.5 Å². The summed E-state index contributed by atoms with van der Waals surface area (Å²) >= 11 is 0. The first kappa shape index (κ1) is 15.7. The largest absolute Gasteiger partial charge is 0.353 e. The van der Waals surface area contributed by atoms with Crippen molar-refractivity contribution in [3.05, 3.63) is 17.8 Å². The molecule has 1 saturated heterocycles. The summed E-state index contributed by atoms with van der Waals surface area (Å²) in [5.41, 5.74) is 0.367. The third kappa shape index (κ3) is 4.64. The molecule has 0 aliphatic carbocycles. The second-order valence-corrected chi connectivity index (χ2v) is 5.63. The Bertz CT molecular complexity index is 453.